The first-order valence-corrected chi connectivity index (χ1v) is 4.38. The van der Waals surface area contributed by atoms with Crippen LogP contribution in [0.3, 0.4) is 0 Å². The van der Waals surface area contributed by atoms with Crippen LogP contribution in [0.25, 0.3) is 0 Å². The molecule has 0 aromatic heterocycles. The summed E-state index contributed by atoms with van der Waals surface area (Å²) in [4.78, 5) is 0. The topological polar surface area (TPSA) is 12.0 Å². The van der Waals surface area contributed by atoms with E-state index in [1.165, 1.54) is 11.6 Å². The van der Waals surface area contributed by atoms with Crippen LogP contribution in [-0.4, -0.2) is 6.54 Å². The number of hydrogen-bond acceptors (Lipinski definition) is 1. The van der Waals surface area contributed by atoms with Gasteiger partial charge in [0.15, 0.2) is 0 Å². The van der Waals surface area contributed by atoms with Gasteiger partial charge in [-0.15, -0.1) is 12.4 Å². The summed E-state index contributed by atoms with van der Waals surface area (Å²) in [6, 6.07) is 4.94. The first kappa shape index (κ1) is 11.4. The first-order chi connectivity index (χ1) is 6.27. The van der Waals surface area contributed by atoms with Crippen molar-refractivity contribution in [3.05, 3.63) is 34.9 Å². The van der Waals surface area contributed by atoms with E-state index in [0.29, 0.717) is 0 Å². The van der Waals surface area contributed by atoms with Gasteiger partial charge in [0.1, 0.15) is 0 Å². The van der Waals surface area contributed by atoms with E-state index in [9.17, 15) is 8.78 Å². The fourth-order valence-electron chi connectivity index (χ4n) is 1.64. The summed E-state index contributed by atoms with van der Waals surface area (Å²) in [5.74, 6) is 0. The molecule has 1 aliphatic rings. The Morgan fingerprint density at radius 1 is 1.21 bits per heavy atom. The highest BCUT2D eigenvalue weighted by Crippen LogP contribution is 2.23. The lowest BCUT2D eigenvalue weighted by Gasteiger charge is -2.17. The minimum absolute atomic E-state index is 0. The largest absolute Gasteiger partial charge is 0.312 e. The van der Waals surface area contributed by atoms with E-state index in [4.69, 9.17) is 0 Å². The second kappa shape index (κ2) is 4.71. The van der Waals surface area contributed by atoms with Gasteiger partial charge in [-0.3, -0.25) is 0 Å². The zero-order chi connectivity index (χ0) is 9.26. The van der Waals surface area contributed by atoms with Crippen LogP contribution in [0.1, 0.15) is 23.1 Å². The predicted octanol–water partition coefficient (Wildman–Crippen LogP) is 2.69. The molecule has 0 spiro atoms. The molecular weight excluding hydrogens is 208 g/mol. The van der Waals surface area contributed by atoms with Crippen LogP contribution < -0.4 is 5.32 Å². The molecule has 4 heteroatoms. The fourth-order valence-corrected chi connectivity index (χ4v) is 1.64. The number of fused-ring (bicyclic) bond motifs is 1. The van der Waals surface area contributed by atoms with Crippen molar-refractivity contribution < 1.29 is 8.78 Å². The van der Waals surface area contributed by atoms with Crippen LogP contribution in [0.2, 0.25) is 0 Å². The average molecular weight is 220 g/mol. The molecule has 1 heterocycles. The van der Waals surface area contributed by atoms with Gasteiger partial charge in [0, 0.05) is 12.1 Å². The highest BCUT2D eigenvalue weighted by atomic mass is 35.5. The van der Waals surface area contributed by atoms with Gasteiger partial charge in [-0.2, -0.15) is 0 Å². The normalized spacial score (nSPS) is 14.8. The SMILES string of the molecule is Cl.FC(F)c1ccc2c(c1)CNCC2. The van der Waals surface area contributed by atoms with Crippen LogP contribution in [0, 0.1) is 0 Å². The van der Waals surface area contributed by atoms with Crippen molar-refractivity contribution in [1.29, 1.82) is 0 Å². The summed E-state index contributed by atoms with van der Waals surface area (Å²) >= 11 is 0. The summed E-state index contributed by atoms with van der Waals surface area (Å²) in [5, 5.41) is 3.16. The van der Waals surface area contributed by atoms with Crippen molar-refractivity contribution >= 4 is 12.4 Å². The van der Waals surface area contributed by atoms with Crippen LogP contribution in [0.15, 0.2) is 18.2 Å². The number of nitrogens with one attached hydrogen (secondary N) is 1. The van der Waals surface area contributed by atoms with Gasteiger partial charge in [0.25, 0.3) is 6.43 Å². The molecule has 14 heavy (non-hydrogen) atoms. The van der Waals surface area contributed by atoms with Crippen LogP contribution in [0.5, 0.6) is 0 Å². The van der Waals surface area contributed by atoms with Gasteiger partial charge in [-0.1, -0.05) is 12.1 Å². The molecule has 0 radical (unpaired) electrons. The smallest absolute Gasteiger partial charge is 0.263 e. The van der Waals surface area contributed by atoms with Crippen molar-refractivity contribution in [2.45, 2.75) is 19.4 Å². The Hall–Kier alpha value is -0.670. The zero-order valence-electron chi connectivity index (χ0n) is 7.59. The highest BCUT2D eigenvalue weighted by molar-refractivity contribution is 5.85. The summed E-state index contributed by atoms with van der Waals surface area (Å²) in [6.45, 7) is 1.66. The van der Waals surface area contributed by atoms with Gasteiger partial charge in [-0.25, -0.2) is 8.78 Å². The second-order valence-electron chi connectivity index (χ2n) is 3.26. The minimum atomic E-state index is -2.35. The second-order valence-corrected chi connectivity index (χ2v) is 3.26. The number of benzene rings is 1. The van der Waals surface area contributed by atoms with E-state index < -0.39 is 6.43 Å². The van der Waals surface area contributed by atoms with Gasteiger partial charge < -0.3 is 5.32 Å². The van der Waals surface area contributed by atoms with Crippen molar-refractivity contribution in [2.75, 3.05) is 6.54 Å². The molecule has 1 aromatic rings. The Labute approximate surface area is 87.9 Å². The van der Waals surface area contributed by atoms with E-state index in [2.05, 4.69) is 5.32 Å². The van der Waals surface area contributed by atoms with Crippen LogP contribution in [0.4, 0.5) is 8.78 Å². The molecule has 1 aliphatic heterocycles. The molecule has 0 aliphatic carbocycles. The molecule has 0 fully saturated rings. The molecule has 1 nitrogen and oxygen atoms in total. The van der Waals surface area contributed by atoms with E-state index in [1.807, 2.05) is 6.07 Å². The lowest BCUT2D eigenvalue weighted by atomic mass is 9.99. The summed E-state index contributed by atoms with van der Waals surface area (Å²) in [5.41, 5.74) is 2.34. The summed E-state index contributed by atoms with van der Waals surface area (Å²) in [6.07, 6.45) is -1.41. The number of rotatable bonds is 1. The molecule has 1 aromatic carbocycles. The van der Waals surface area contributed by atoms with Gasteiger partial charge in [0.2, 0.25) is 0 Å². The zero-order valence-corrected chi connectivity index (χ0v) is 8.41. The maximum atomic E-state index is 12.3. The molecule has 0 atom stereocenters. The maximum absolute atomic E-state index is 12.3. The Bertz CT molecular complexity index is 315. The van der Waals surface area contributed by atoms with E-state index in [0.717, 1.165) is 25.1 Å². The highest BCUT2D eigenvalue weighted by Gasteiger charge is 2.12. The van der Waals surface area contributed by atoms with Gasteiger partial charge >= 0.3 is 0 Å². The monoisotopic (exact) mass is 219 g/mol. The summed E-state index contributed by atoms with van der Waals surface area (Å²) < 4.78 is 24.6. The minimum Gasteiger partial charge on any atom is -0.312 e. The van der Waals surface area contributed by atoms with E-state index in [1.54, 1.807) is 6.07 Å². The van der Waals surface area contributed by atoms with Crippen LogP contribution >= 0.6 is 12.4 Å². The summed E-state index contributed by atoms with van der Waals surface area (Å²) in [7, 11) is 0. The number of alkyl halides is 2. The predicted molar refractivity (Wildman–Crippen MR) is 54.1 cm³/mol. The molecule has 0 unspecified atom stereocenters. The third-order valence-electron chi connectivity index (χ3n) is 2.37. The van der Waals surface area contributed by atoms with Crippen molar-refractivity contribution in [3.63, 3.8) is 0 Å². The Morgan fingerprint density at radius 2 is 2.00 bits per heavy atom. The van der Waals surface area contributed by atoms with Gasteiger partial charge in [0.05, 0.1) is 0 Å². The third-order valence-corrected chi connectivity index (χ3v) is 2.37. The quantitative estimate of drug-likeness (QED) is 0.766. The molecule has 0 bridgehead atoms. The van der Waals surface area contributed by atoms with Crippen LogP contribution in [-0.2, 0) is 13.0 Å². The molecular formula is C10H12ClF2N. The molecule has 2 rings (SSSR count). The standard InChI is InChI=1S/C10H11F2N.ClH/c11-10(12)8-2-1-7-3-4-13-6-9(7)5-8;/h1-2,5,10,13H,3-4,6H2;1H. The fraction of sp³-hybridized carbons (Fsp3) is 0.400. The third kappa shape index (κ3) is 2.22. The van der Waals surface area contributed by atoms with E-state index in [-0.39, 0.29) is 18.0 Å². The molecule has 0 saturated heterocycles. The molecule has 1 N–H and O–H groups in total. The lowest BCUT2D eigenvalue weighted by Crippen LogP contribution is -2.23. The lowest BCUT2D eigenvalue weighted by molar-refractivity contribution is 0.151. The first-order valence-electron chi connectivity index (χ1n) is 4.38. The number of halogens is 3. The molecule has 78 valence electrons. The Morgan fingerprint density at radius 3 is 2.71 bits per heavy atom. The van der Waals surface area contributed by atoms with E-state index >= 15 is 0 Å². The van der Waals surface area contributed by atoms with Crippen molar-refractivity contribution in [2.24, 2.45) is 0 Å². The Kier molecular flexibility index (Phi) is 3.84. The Balaban J connectivity index is 0.000000980. The molecule has 0 amide bonds. The number of hydrogen-bond donors (Lipinski definition) is 1. The van der Waals surface area contributed by atoms with Gasteiger partial charge in [-0.05, 0) is 30.2 Å². The maximum Gasteiger partial charge on any atom is 0.263 e. The van der Waals surface area contributed by atoms with Crippen molar-refractivity contribution in [1.82, 2.24) is 5.32 Å². The average Bonchev–Trinajstić information content (AvgIpc) is 2.17. The molecule has 0 saturated carbocycles. The van der Waals surface area contributed by atoms with Crippen molar-refractivity contribution in [3.8, 4) is 0 Å².